The first kappa shape index (κ1) is 15.0. The Hall–Kier alpha value is -1.08. The molecular weight excluding hydrogens is 256 g/mol. The van der Waals surface area contributed by atoms with Gasteiger partial charge in [0.2, 0.25) is 0 Å². The van der Waals surface area contributed by atoms with Crippen LogP contribution in [-0.2, 0) is 14.3 Å². The van der Waals surface area contributed by atoms with Gasteiger partial charge in [-0.1, -0.05) is 11.8 Å². The Labute approximate surface area is 111 Å². The van der Waals surface area contributed by atoms with Crippen LogP contribution in [0.25, 0.3) is 0 Å². The number of hydrogen-bond acceptors (Lipinski definition) is 6. The third-order valence-corrected chi connectivity index (χ3v) is 3.05. The number of carbonyl (C=O) groups excluding carboxylic acids is 2. The topological polar surface area (TPSA) is 77.0 Å². The average molecular weight is 274 g/mol. The summed E-state index contributed by atoms with van der Waals surface area (Å²) in [5.74, 6) is 0.258. The summed E-state index contributed by atoms with van der Waals surface area (Å²) >= 11 is 1.20. The van der Waals surface area contributed by atoms with Crippen LogP contribution in [0.15, 0.2) is 4.99 Å². The van der Waals surface area contributed by atoms with Crippen LogP contribution in [0.1, 0.15) is 19.8 Å². The fourth-order valence-corrected chi connectivity index (χ4v) is 2.06. The lowest BCUT2D eigenvalue weighted by Gasteiger charge is -2.19. The number of thioether (sulfide) groups is 1. The molecule has 1 heterocycles. The van der Waals surface area contributed by atoms with Gasteiger partial charge in [-0.3, -0.25) is 10.3 Å². The van der Waals surface area contributed by atoms with Crippen LogP contribution in [-0.4, -0.2) is 49.2 Å². The molecule has 1 saturated heterocycles. The first-order valence-corrected chi connectivity index (χ1v) is 6.90. The molecule has 0 unspecified atom stereocenters. The number of aliphatic imine (C=N–C) groups is 1. The molecule has 0 radical (unpaired) electrons. The zero-order valence-corrected chi connectivity index (χ0v) is 11.2. The van der Waals surface area contributed by atoms with Crippen LogP contribution in [0.3, 0.4) is 0 Å². The number of amides is 1. The monoisotopic (exact) mass is 274 g/mol. The molecule has 0 bridgehead atoms. The highest BCUT2D eigenvalue weighted by atomic mass is 32.2. The first-order valence-electron chi connectivity index (χ1n) is 5.92. The summed E-state index contributed by atoms with van der Waals surface area (Å²) in [6.45, 7) is 3.39. The molecule has 1 amide bonds. The summed E-state index contributed by atoms with van der Waals surface area (Å²) in [4.78, 5) is 26.1. The summed E-state index contributed by atoms with van der Waals surface area (Å²) in [6.07, 6.45) is 1.89. The molecule has 0 aromatic rings. The minimum Gasteiger partial charge on any atom is -0.450 e. The van der Waals surface area contributed by atoms with Gasteiger partial charge in [-0.05, 0) is 19.8 Å². The zero-order chi connectivity index (χ0) is 13.2. The highest BCUT2D eigenvalue weighted by Crippen LogP contribution is 2.13. The predicted molar refractivity (Wildman–Crippen MR) is 70.0 cm³/mol. The van der Waals surface area contributed by atoms with Crippen LogP contribution >= 0.6 is 11.8 Å². The summed E-state index contributed by atoms with van der Waals surface area (Å²) in [5, 5.41) is 2.99. The SMILES string of the molecule is CCOC(=O)NC(=NC1CCOCC1)SCC=O. The van der Waals surface area contributed by atoms with Crippen molar-refractivity contribution in [3.05, 3.63) is 0 Å². The van der Waals surface area contributed by atoms with Crippen LogP contribution in [0.4, 0.5) is 4.79 Å². The van der Waals surface area contributed by atoms with E-state index in [1.54, 1.807) is 6.92 Å². The molecule has 1 aliphatic heterocycles. The maximum Gasteiger partial charge on any atom is 0.413 e. The van der Waals surface area contributed by atoms with E-state index in [0.29, 0.717) is 25.0 Å². The molecule has 0 saturated carbocycles. The minimum absolute atomic E-state index is 0.134. The van der Waals surface area contributed by atoms with Crippen molar-refractivity contribution in [1.82, 2.24) is 5.32 Å². The number of ether oxygens (including phenoxy) is 2. The van der Waals surface area contributed by atoms with Gasteiger partial charge in [0.15, 0.2) is 5.17 Å². The van der Waals surface area contributed by atoms with Crippen LogP contribution in [0, 0.1) is 0 Å². The second kappa shape index (κ2) is 8.93. The van der Waals surface area contributed by atoms with Gasteiger partial charge >= 0.3 is 6.09 Å². The van der Waals surface area contributed by atoms with E-state index < -0.39 is 6.09 Å². The van der Waals surface area contributed by atoms with Crippen molar-refractivity contribution < 1.29 is 19.1 Å². The molecule has 18 heavy (non-hydrogen) atoms. The Balaban J connectivity index is 2.54. The average Bonchev–Trinajstić information content (AvgIpc) is 2.37. The Kier molecular flexibility index (Phi) is 7.43. The van der Waals surface area contributed by atoms with Crippen molar-refractivity contribution in [1.29, 1.82) is 0 Å². The van der Waals surface area contributed by atoms with Crippen molar-refractivity contribution in [3.63, 3.8) is 0 Å². The molecule has 0 spiro atoms. The second-order valence-corrected chi connectivity index (χ2v) is 4.61. The Bertz CT molecular complexity index is 303. The number of amidine groups is 1. The molecule has 7 heteroatoms. The molecule has 0 aromatic heterocycles. The molecule has 6 nitrogen and oxygen atoms in total. The van der Waals surface area contributed by atoms with Gasteiger partial charge in [0.1, 0.15) is 6.29 Å². The van der Waals surface area contributed by atoms with E-state index in [9.17, 15) is 9.59 Å². The second-order valence-electron chi connectivity index (χ2n) is 3.60. The lowest BCUT2D eigenvalue weighted by atomic mass is 10.1. The van der Waals surface area contributed by atoms with E-state index >= 15 is 0 Å². The summed E-state index contributed by atoms with van der Waals surface area (Å²) in [5.41, 5.74) is 0. The summed E-state index contributed by atoms with van der Waals surface area (Å²) < 4.78 is 10.0. The third-order valence-electron chi connectivity index (χ3n) is 2.26. The van der Waals surface area contributed by atoms with Crippen LogP contribution in [0.2, 0.25) is 0 Å². The van der Waals surface area contributed by atoms with Crippen molar-refractivity contribution >= 4 is 29.3 Å². The molecule has 0 atom stereocenters. The van der Waals surface area contributed by atoms with E-state index in [-0.39, 0.29) is 11.8 Å². The number of nitrogens with one attached hydrogen (secondary N) is 1. The van der Waals surface area contributed by atoms with Crippen molar-refractivity contribution in [2.45, 2.75) is 25.8 Å². The van der Waals surface area contributed by atoms with E-state index in [1.807, 2.05) is 0 Å². The van der Waals surface area contributed by atoms with Crippen molar-refractivity contribution in [3.8, 4) is 0 Å². The fraction of sp³-hybridized carbons (Fsp3) is 0.727. The lowest BCUT2D eigenvalue weighted by Crippen LogP contribution is -2.31. The van der Waals surface area contributed by atoms with E-state index in [0.717, 1.165) is 19.1 Å². The highest BCUT2D eigenvalue weighted by Gasteiger charge is 2.15. The van der Waals surface area contributed by atoms with Gasteiger partial charge in [-0.15, -0.1) is 0 Å². The number of nitrogens with zero attached hydrogens (tertiary/aromatic N) is 1. The Morgan fingerprint density at radius 1 is 1.56 bits per heavy atom. The molecule has 1 N–H and O–H groups in total. The highest BCUT2D eigenvalue weighted by molar-refractivity contribution is 8.14. The quantitative estimate of drug-likeness (QED) is 0.473. The summed E-state index contributed by atoms with van der Waals surface area (Å²) in [6, 6.07) is 0.134. The Morgan fingerprint density at radius 3 is 2.89 bits per heavy atom. The van der Waals surface area contributed by atoms with Gasteiger partial charge in [-0.25, -0.2) is 4.79 Å². The minimum atomic E-state index is -0.540. The molecular formula is C11H18N2O4S. The molecule has 1 rings (SSSR count). The number of carbonyl (C=O) groups is 2. The number of hydrogen-bond donors (Lipinski definition) is 1. The largest absolute Gasteiger partial charge is 0.450 e. The Morgan fingerprint density at radius 2 is 2.28 bits per heavy atom. The smallest absolute Gasteiger partial charge is 0.413 e. The normalized spacial score (nSPS) is 17.3. The predicted octanol–water partition coefficient (Wildman–Crippen LogP) is 1.20. The standard InChI is InChI=1S/C11H18N2O4S/c1-2-17-11(15)13-10(18-8-5-14)12-9-3-6-16-7-4-9/h5,9H,2-4,6-8H2,1H3,(H,12,13,15). The third kappa shape index (κ3) is 6.02. The molecule has 102 valence electrons. The number of alkyl carbamates (subject to hydrolysis) is 1. The van der Waals surface area contributed by atoms with Gasteiger partial charge in [0.25, 0.3) is 0 Å². The summed E-state index contributed by atoms with van der Waals surface area (Å²) in [7, 11) is 0. The van der Waals surface area contributed by atoms with Gasteiger partial charge < -0.3 is 14.3 Å². The number of rotatable bonds is 4. The first-order chi connectivity index (χ1) is 8.76. The van der Waals surface area contributed by atoms with E-state index in [4.69, 9.17) is 9.47 Å². The fourth-order valence-electron chi connectivity index (χ4n) is 1.45. The van der Waals surface area contributed by atoms with Gasteiger partial charge in [-0.2, -0.15) is 0 Å². The van der Waals surface area contributed by atoms with Crippen molar-refractivity contribution in [2.75, 3.05) is 25.6 Å². The molecule has 0 aliphatic carbocycles. The molecule has 1 fully saturated rings. The maximum absolute atomic E-state index is 11.3. The van der Waals surface area contributed by atoms with Crippen molar-refractivity contribution in [2.24, 2.45) is 4.99 Å². The maximum atomic E-state index is 11.3. The van der Waals surface area contributed by atoms with Gasteiger partial charge in [0.05, 0.1) is 18.4 Å². The number of aldehydes is 1. The molecule has 0 aromatic carbocycles. The van der Waals surface area contributed by atoms with Crippen LogP contribution < -0.4 is 5.32 Å². The zero-order valence-electron chi connectivity index (χ0n) is 10.4. The van der Waals surface area contributed by atoms with Crippen LogP contribution in [0.5, 0.6) is 0 Å². The van der Waals surface area contributed by atoms with E-state index in [2.05, 4.69) is 10.3 Å². The van der Waals surface area contributed by atoms with Gasteiger partial charge in [0, 0.05) is 13.2 Å². The van der Waals surface area contributed by atoms with E-state index in [1.165, 1.54) is 11.8 Å². The lowest BCUT2D eigenvalue weighted by molar-refractivity contribution is -0.105. The molecule has 1 aliphatic rings.